The molecule has 1 aliphatic heterocycles. The number of benzene rings is 1. The Morgan fingerprint density at radius 1 is 1.10 bits per heavy atom. The minimum absolute atomic E-state index is 0. The number of halogens is 1. The second kappa shape index (κ2) is 6.46. The van der Waals surface area contributed by atoms with Crippen LogP contribution in [0.5, 0.6) is 0 Å². The number of fused-ring (bicyclic) bond motifs is 1. The molecule has 1 aromatic carbocycles. The fourth-order valence-electron chi connectivity index (χ4n) is 2.86. The third kappa shape index (κ3) is 2.76. The minimum atomic E-state index is 0. The van der Waals surface area contributed by atoms with Gasteiger partial charge in [-0.25, -0.2) is 4.98 Å². The smallest absolute Gasteiger partial charge is 0.206 e. The zero-order valence-electron chi connectivity index (χ0n) is 12.2. The molecule has 3 rings (SSSR count). The van der Waals surface area contributed by atoms with Crippen molar-refractivity contribution in [2.45, 2.75) is 19.9 Å². The molecule has 0 atom stereocenters. The van der Waals surface area contributed by atoms with Gasteiger partial charge < -0.3 is 14.4 Å². The van der Waals surface area contributed by atoms with Crippen LogP contribution in [0.2, 0.25) is 0 Å². The molecule has 0 N–H and O–H groups in total. The molecule has 0 unspecified atom stereocenters. The van der Waals surface area contributed by atoms with Crippen LogP contribution in [0.4, 0.5) is 5.95 Å². The van der Waals surface area contributed by atoms with Gasteiger partial charge in [-0.1, -0.05) is 12.1 Å². The molecular weight excluding hydrogens is 272 g/mol. The van der Waals surface area contributed by atoms with E-state index in [1.165, 1.54) is 18.5 Å². The van der Waals surface area contributed by atoms with E-state index < -0.39 is 0 Å². The molecule has 0 amide bonds. The molecule has 5 heteroatoms. The van der Waals surface area contributed by atoms with Crippen LogP contribution >= 0.6 is 12.4 Å². The van der Waals surface area contributed by atoms with Crippen molar-refractivity contribution in [2.75, 3.05) is 38.1 Å². The molecule has 110 valence electrons. The Balaban J connectivity index is 0.00000147. The highest BCUT2D eigenvalue weighted by atomic mass is 35.5. The number of rotatable bonds is 2. The number of para-hydroxylation sites is 2. The molecule has 2 heterocycles. The van der Waals surface area contributed by atoms with Crippen molar-refractivity contribution in [1.29, 1.82) is 0 Å². The van der Waals surface area contributed by atoms with E-state index in [-0.39, 0.29) is 12.4 Å². The lowest BCUT2D eigenvalue weighted by molar-refractivity contribution is 0.360. The average Bonchev–Trinajstić information content (AvgIpc) is 2.67. The summed E-state index contributed by atoms with van der Waals surface area (Å²) in [6.45, 7) is 7.65. The van der Waals surface area contributed by atoms with Gasteiger partial charge in [0.05, 0.1) is 11.0 Å². The summed E-state index contributed by atoms with van der Waals surface area (Å²) in [5, 5.41) is 0. The normalized spacial score (nSPS) is 17.0. The van der Waals surface area contributed by atoms with E-state index in [0.717, 1.165) is 37.6 Å². The molecule has 0 aliphatic carbocycles. The second-order valence-electron chi connectivity index (χ2n) is 5.29. The van der Waals surface area contributed by atoms with Gasteiger partial charge in [-0.15, -0.1) is 12.4 Å². The van der Waals surface area contributed by atoms with E-state index in [9.17, 15) is 0 Å². The summed E-state index contributed by atoms with van der Waals surface area (Å²) in [5.74, 6) is 1.14. The first-order chi connectivity index (χ1) is 9.29. The third-order valence-electron chi connectivity index (χ3n) is 3.95. The van der Waals surface area contributed by atoms with Gasteiger partial charge in [-0.2, -0.15) is 0 Å². The number of hydrogen-bond donors (Lipinski definition) is 0. The predicted molar refractivity (Wildman–Crippen MR) is 87.0 cm³/mol. The van der Waals surface area contributed by atoms with Crippen molar-refractivity contribution in [3.05, 3.63) is 24.3 Å². The van der Waals surface area contributed by atoms with E-state index in [0.29, 0.717) is 0 Å². The number of imidazole rings is 1. The molecule has 20 heavy (non-hydrogen) atoms. The minimum Gasteiger partial charge on any atom is -0.341 e. The molecule has 4 nitrogen and oxygen atoms in total. The monoisotopic (exact) mass is 294 g/mol. The zero-order chi connectivity index (χ0) is 13.2. The second-order valence-corrected chi connectivity index (χ2v) is 5.29. The van der Waals surface area contributed by atoms with Gasteiger partial charge in [0.15, 0.2) is 0 Å². The third-order valence-corrected chi connectivity index (χ3v) is 3.95. The summed E-state index contributed by atoms with van der Waals surface area (Å²) in [6, 6.07) is 8.43. The number of nitrogens with zero attached hydrogens (tertiary/aromatic N) is 4. The van der Waals surface area contributed by atoms with Crippen LogP contribution in [-0.4, -0.2) is 47.7 Å². The molecule has 2 aromatic rings. The maximum absolute atomic E-state index is 4.84. The van der Waals surface area contributed by atoms with Crippen LogP contribution in [0, 0.1) is 0 Å². The first kappa shape index (κ1) is 15.1. The summed E-state index contributed by atoms with van der Waals surface area (Å²) >= 11 is 0. The largest absolute Gasteiger partial charge is 0.341 e. The van der Waals surface area contributed by atoms with Gasteiger partial charge >= 0.3 is 0 Å². The number of hydrogen-bond acceptors (Lipinski definition) is 3. The molecule has 1 aromatic heterocycles. The lowest BCUT2D eigenvalue weighted by atomic mass is 10.3. The zero-order valence-corrected chi connectivity index (χ0v) is 13.1. The highest BCUT2D eigenvalue weighted by molar-refractivity contribution is 5.85. The SMILES string of the molecule is CCn1c(N2CCCN(C)CC2)nc2ccccc21.Cl. The Hall–Kier alpha value is -1.26. The highest BCUT2D eigenvalue weighted by Gasteiger charge is 2.18. The molecular formula is C15H23ClN4. The quantitative estimate of drug-likeness (QED) is 0.851. The van der Waals surface area contributed by atoms with E-state index >= 15 is 0 Å². The molecule has 0 bridgehead atoms. The summed E-state index contributed by atoms with van der Waals surface area (Å²) in [6.07, 6.45) is 1.21. The van der Waals surface area contributed by atoms with E-state index in [4.69, 9.17) is 4.98 Å². The fraction of sp³-hybridized carbons (Fsp3) is 0.533. The van der Waals surface area contributed by atoms with Crippen LogP contribution in [-0.2, 0) is 6.54 Å². The summed E-state index contributed by atoms with van der Waals surface area (Å²) in [7, 11) is 2.20. The highest BCUT2D eigenvalue weighted by Crippen LogP contribution is 2.23. The van der Waals surface area contributed by atoms with E-state index in [1.807, 2.05) is 0 Å². The van der Waals surface area contributed by atoms with Crippen LogP contribution in [0.3, 0.4) is 0 Å². The lowest BCUT2D eigenvalue weighted by Gasteiger charge is -2.22. The Morgan fingerprint density at radius 2 is 1.90 bits per heavy atom. The number of likely N-dealkylation sites (N-methyl/N-ethyl adjacent to an activating group) is 1. The number of aromatic nitrogens is 2. The standard InChI is InChI=1S/C15H22N4.ClH/c1-3-19-14-8-5-4-7-13(14)16-15(19)18-10-6-9-17(2)11-12-18;/h4-5,7-8H,3,6,9-12H2,1-2H3;1H. The Kier molecular flexibility index (Phi) is 4.89. The van der Waals surface area contributed by atoms with Crippen LogP contribution in [0.1, 0.15) is 13.3 Å². The van der Waals surface area contributed by atoms with Gasteiger partial charge in [0, 0.05) is 26.2 Å². The lowest BCUT2D eigenvalue weighted by Crippen LogP contribution is -2.30. The Bertz CT molecular complexity index is 566. The molecule has 0 spiro atoms. The van der Waals surface area contributed by atoms with Crippen molar-refractivity contribution >= 4 is 29.4 Å². The first-order valence-electron chi connectivity index (χ1n) is 7.18. The topological polar surface area (TPSA) is 24.3 Å². The summed E-state index contributed by atoms with van der Waals surface area (Å²) in [5.41, 5.74) is 2.36. The summed E-state index contributed by atoms with van der Waals surface area (Å²) < 4.78 is 2.33. The Labute approximate surface area is 126 Å². The van der Waals surface area contributed by atoms with Crippen molar-refractivity contribution in [2.24, 2.45) is 0 Å². The molecule has 1 aliphatic rings. The molecule has 0 saturated carbocycles. The van der Waals surface area contributed by atoms with Gasteiger partial charge in [-0.05, 0) is 39.1 Å². The maximum Gasteiger partial charge on any atom is 0.206 e. The molecule has 1 saturated heterocycles. The summed E-state index contributed by atoms with van der Waals surface area (Å²) in [4.78, 5) is 9.68. The van der Waals surface area contributed by atoms with Crippen molar-refractivity contribution in [1.82, 2.24) is 14.5 Å². The number of aryl methyl sites for hydroxylation is 1. The fourth-order valence-corrected chi connectivity index (χ4v) is 2.86. The van der Waals surface area contributed by atoms with Gasteiger partial charge in [0.2, 0.25) is 5.95 Å². The predicted octanol–water partition coefficient (Wildman–Crippen LogP) is 2.62. The molecule has 0 radical (unpaired) electrons. The number of anilines is 1. The molecule has 1 fully saturated rings. The maximum atomic E-state index is 4.84. The van der Waals surface area contributed by atoms with Gasteiger partial charge in [0.1, 0.15) is 0 Å². The van der Waals surface area contributed by atoms with Crippen LogP contribution in [0.15, 0.2) is 24.3 Å². The van der Waals surface area contributed by atoms with Crippen LogP contribution in [0.25, 0.3) is 11.0 Å². The van der Waals surface area contributed by atoms with Crippen molar-refractivity contribution < 1.29 is 0 Å². The van der Waals surface area contributed by atoms with Crippen molar-refractivity contribution in [3.63, 3.8) is 0 Å². The average molecular weight is 295 g/mol. The first-order valence-corrected chi connectivity index (χ1v) is 7.18. The van der Waals surface area contributed by atoms with E-state index in [2.05, 4.69) is 52.6 Å². The Morgan fingerprint density at radius 3 is 2.70 bits per heavy atom. The van der Waals surface area contributed by atoms with Crippen LogP contribution < -0.4 is 4.90 Å². The van der Waals surface area contributed by atoms with Gasteiger partial charge in [0.25, 0.3) is 0 Å². The van der Waals surface area contributed by atoms with E-state index in [1.54, 1.807) is 0 Å². The van der Waals surface area contributed by atoms with Gasteiger partial charge in [-0.3, -0.25) is 0 Å². The van der Waals surface area contributed by atoms with Crippen molar-refractivity contribution in [3.8, 4) is 0 Å².